The van der Waals surface area contributed by atoms with Crippen LogP contribution in [0.5, 0.6) is 11.5 Å². The molecule has 11 heteroatoms. The highest BCUT2D eigenvalue weighted by atomic mass is 16.6. The van der Waals surface area contributed by atoms with Gasteiger partial charge < -0.3 is 29.2 Å². The number of carboxylic acid groups (broad SMARTS) is 1. The van der Waals surface area contributed by atoms with E-state index in [-0.39, 0.29) is 18.6 Å². The van der Waals surface area contributed by atoms with E-state index in [1.807, 2.05) is 78.9 Å². The zero-order valence-electron chi connectivity index (χ0n) is 24.1. The number of rotatable bonds is 11. The standard InChI is InChI=1S/C33H32N2O9/c1-41-25-13-9-23(10-14-25)33(22-6-4-3-5-7-22,24-11-15-26(42-2)16-12-24)43-20-28-27(36)18-29(44-28)35-19-21(8-17-30(37)38)31(39)34-32(35)40/h3-17,19,27-29,36H,18,20H2,1-2H3,(H,37,38)(H,34,39,40)/b17-8+/t27-,28+,29+/m0/s1. The molecule has 0 amide bonds. The summed E-state index contributed by atoms with van der Waals surface area (Å²) in [6.07, 6.45) is 0.319. The largest absolute Gasteiger partial charge is 0.497 e. The van der Waals surface area contributed by atoms with Gasteiger partial charge in [-0.3, -0.25) is 14.3 Å². The van der Waals surface area contributed by atoms with E-state index in [9.17, 15) is 19.5 Å². The van der Waals surface area contributed by atoms with E-state index in [4.69, 9.17) is 24.1 Å². The number of nitrogens with one attached hydrogen (secondary N) is 1. The van der Waals surface area contributed by atoms with Gasteiger partial charge in [-0.25, -0.2) is 9.59 Å². The van der Waals surface area contributed by atoms with Crippen molar-refractivity contribution < 1.29 is 34.0 Å². The van der Waals surface area contributed by atoms with Crippen molar-refractivity contribution in [3.63, 3.8) is 0 Å². The van der Waals surface area contributed by atoms with Gasteiger partial charge in [-0.1, -0.05) is 54.6 Å². The van der Waals surface area contributed by atoms with Gasteiger partial charge in [0.05, 0.1) is 32.5 Å². The van der Waals surface area contributed by atoms with Gasteiger partial charge in [-0.15, -0.1) is 0 Å². The third-order valence-electron chi connectivity index (χ3n) is 7.55. The first-order valence-corrected chi connectivity index (χ1v) is 13.8. The second kappa shape index (κ2) is 13.1. The third kappa shape index (κ3) is 6.20. The minimum Gasteiger partial charge on any atom is -0.497 e. The summed E-state index contributed by atoms with van der Waals surface area (Å²) >= 11 is 0. The Kier molecular flexibility index (Phi) is 9.09. The molecular formula is C33H32N2O9. The van der Waals surface area contributed by atoms with E-state index in [2.05, 4.69) is 4.98 Å². The lowest BCUT2D eigenvalue weighted by atomic mass is 9.80. The molecule has 3 N–H and O–H groups in total. The second-order valence-corrected chi connectivity index (χ2v) is 10.2. The number of methoxy groups -OCH3 is 2. The number of carbonyl (C=O) groups is 1. The van der Waals surface area contributed by atoms with Crippen molar-refractivity contribution in [1.82, 2.24) is 9.55 Å². The van der Waals surface area contributed by atoms with Crippen LogP contribution in [-0.2, 0) is 19.9 Å². The molecule has 0 spiro atoms. The molecule has 5 rings (SSSR count). The summed E-state index contributed by atoms with van der Waals surface area (Å²) < 4.78 is 24.9. The number of hydrogen-bond donors (Lipinski definition) is 3. The lowest BCUT2D eigenvalue weighted by Gasteiger charge is -2.37. The molecular weight excluding hydrogens is 568 g/mol. The number of H-pyrrole nitrogens is 1. The molecule has 4 aromatic rings. The van der Waals surface area contributed by atoms with Crippen LogP contribution in [0.15, 0.2) is 101 Å². The van der Waals surface area contributed by atoms with Crippen LogP contribution < -0.4 is 20.7 Å². The Labute approximate surface area is 252 Å². The van der Waals surface area contributed by atoms with E-state index in [0.29, 0.717) is 11.5 Å². The fourth-order valence-corrected chi connectivity index (χ4v) is 5.31. The average Bonchev–Trinajstić information content (AvgIpc) is 3.41. The maximum Gasteiger partial charge on any atom is 0.330 e. The zero-order valence-corrected chi connectivity index (χ0v) is 24.1. The number of aliphatic hydroxyl groups excluding tert-OH is 1. The van der Waals surface area contributed by atoms with Crippen LogP contribution in [0.1, 0.15) is 34.9 Å². The van der Waals surface area contributed by atoms with Gasteiger partial charge in [-0.2, -0.15) is 0 Å². The first kappa shape index (κ1) is 30.5. The van der Waals surface area contributed by atoms with Crippen molar-refractivity contribution in [3.8, 4) is 11.5 Å². The van der Waals surface area contributed by atoms with Gasteiger partial charge in [0, 0.05) is 18.7 Å². The molecule has 1 aliphatic heterocycles. The molecule has 1 aliphatic rings. The summed E-state index contributed by atoms with van der Waals surface area (Å²) in [4.78, 5) is 38.0. The van der Waals surface area contributed by atoms with Gasteiger partial charge in [-0.05, 0) is 47.0 Å². The van der Waals surface area contributed by atoms with Crippen LogP contribution in [0, 0.1) is 0 Å². The van der Waals surface area contributed by atoms with Crippen LogP contribution in [0.4, 0.5) is 0 Å². The zero-order chi connectivity index (χ0) is 31.3. The molecule has 0 unspecified atom stereocenters. The Bertz CT molecular complexity index is 1680. The molecule has 1 saturated heterocycles. The smallest absolute Gasteiger partial charge is 0.330 e. The molecule has 0 radical (unpaired) electrons. The summed E-state index contributed by atoms with van der Waals surface area (Å²) in [7, 11) is 3.18. The van der Waals surface area contributed by atoms with Crippen LogP contribution >= 0.6 is 0 Å². The van der Waals surface area contributed by atoms with E-state index < -0.39 is 41.3 Å². The third-order valence-corrected chi connectivity index (χ3v) is 7.55. The number of aromatic nitrogens is 2. The topological polar surface area (TPSA) is 149 Å². The van der Waals surface area contributed by atoms with E-state index >= 15 is 0 Å². The van der Waals surface area contributed by atoms with E-state index in [1.54, 1.807) is 14.2 Å². The Morgan fingerprint density at radius 3 is 2.07 bits per heavy atom. The number of aliphatic carboxylic acids is 1. The Morgan fingerprint density at radius 1 is 0.955 bits per heavy atom. The number of aromatic amines is 1. The highest BCUT2D eigenvalue weighted by Crippen LogP contribution is 2.42. The lowest BCUT2D eigenvalue weighted by molar-refractivity contribution is -0.131. The Balaban J connectivity index is 1.51. The second-order valence-electron chi connectivity index (χ2n) is 10.2. The van der Waals surface area contributed by atoms with Crippen LogP contribution in [0.2, 0.25) is 0 Å². The number of ether oxygens (including phenoxy) is 4. The molecule has 1 aromatic heterocycles. The molecule has 11 nitrogen and oxygen atoms in total. The van der Waals surface area contributed by atoms with Gasteiger partial charge >= 0.3 is 11.7 Å². The summed E-state index contributed by atoms with van der Waals surface area (Å²) in [6, 6.07) is 24.7. The summed E-state index contributed by atoms with van der Waals surface area (Å²) in [5.74, 6) is 0.0982. The maximum absolute atomic E-state index is 12.7. The normalized spacial score (nSPS) is 18.4. The van der Waals surface area contributed by atoms with Gasteiger partial charge in [0.15, 0.2) is 0 Å². The van der Waals surface area contributed by atoms with Gasteiger partial charge in [0.25, 0.3) is 5.56 Å². The summed E-state index contributed by atoms with van der Waals surface area (Å²) in [5, 5.41) is 20.0. The van der Waals surface area contributed by atoms with Gasteiger partial charge in [0.1, 0.15) is 29.4 Å². The molecule has 228 valence electrons. The number of nitrogens with zero attached hydrogens (tertiary/aromatic N) is 1. The fraction of sp³-hybridized carbons (Fsp3) is 0.242. The molecule has 3 aromatic carbocycles. The first-order valence-electron chi connectivity index (χ1n) is 13.8. The molecule has 2 heterocycles. The minimum atomic E-state index is -1.25. The van der Waals surface area contributed by atoms with Gasteiger partial charge in [0.2, 0.25) is 0 Å². The molecule has 0 bridgehead atoms. The van der Waals surface area contributed by atoms with Crippen molar-refractivity contribution in [2.75, 3.05) is 20.8 Å². The summed E-state index contributed by atoms with van der Waals surface area (Å²) in [5.41, 5.74) is -0.274. The molecule has 44 heavy (non-hydrogen) atoms. The molecule has 3 atom stereocenters. The molecule has 1 fully saturated rings. The number of benzene rings is 3. The quantitative estimate of drug-likeness (QED) is 0.174. The van der Waals surface area contributed by atoms with Crippen LogP contribution in [0.3, 0.4) is 0 Å². The Hall–Kier alpha value is -4.97. The Morgan fingerprint density at radius 2 is 1.52 bits per heavy atom. The van der Waals surface area contributed by atoms with Crippen LogP contribution in [-0.4, -0.2) is 58.8 Å². The van der Waals surface area contributed by atoms with Crippen molar-refractivity contribution in [1.29, 1.82) is 0 Å². The fourth-order valence-electron chi connectivity index (χ4n) is 5.31. The number of carboxylic acids is 1. The average molecular weight is 601 g/mol. The summed E-state index contributed by atoms with van der Waals surface area (Å²) in [6.45, 7) is -0.0749. The SMILES string of the molecule is COc1ccc(C(OC[C@H]2O[C@@H](n3cc(/C=C/C(=O)O)c(=O)[nH]c3=O)C[C@@H]2O)(c2ccccc2)c2ccc(OC)cc2)cc1. The predicted molar refractivity (Wildman–Crippen MR) is 161 cm³/mol. The van der Waals surface area contributed by atoms with E-state index in [1.165, 1.54) is 6.20 Å². The number of hydrogen-bond acceptors (Lipinski definition) is 8. The number of aliphatic hydroxyl groups is 1. The molecule has 0 aliphatic carbocycles. The van der Waals surface area contributed by atoms with Crippen molar-refractivity contribution in [2.45, 2.75) is 30.5 Å². The maximum atomic E-state index is 12.7. The van der Waals surface area contributed by atoms with Crippen LogP contribution in [0.25, 0.3) is 6.08 Å². The van der Waals surface area contributed by atoms with Crippen molar-refractivity contribution in [3.05, 3.63) is 134 Å². The predicted octanol–water partition coefficient (Wildman–Crippen LogP) is 3.31. The monoisotopic (exact) mass is 600 g/mol. The minimum absolute atomic E-state index is 0.0332. The van der Waals surface area contributed by atoms with Crippen molar-refractivity contribution in [2.24, 2.45) is 0 Å². The van der Waals surface area contributed by atoms with Crippen molar-refractivity contribution >= 4 is 12.0 Å². The van der Waals surface area contributed by atoms with E-state index in [0.717, 1.165) is 33.4 Å². The highest BCUT2D eigenvalue weighted by Gasteiger charge is 2.42. The molecule has 0 saturated carbocycles. The lowest BCUT2D eigenvalue weighted by Crippen LogP contribution is -2.38. The first-order chi connectivity index (χ1) is 21.2. The highest BCUT2D eigenvalue weighted by molar-refractivity contribution is 5.85.